The Morgan fingerprint density at radius 1 is 1.50 bits per heavy atom. The van der Waals surface area contributed by atoms with Gasteiger partial charge in [-0.15, -0.1) is 0 Å². The highest BCUT2D eigenvalue weighted by molar-refractivity contribution is 6.30. The zero-order valence-corrected chi connectivity index (χ0v) is 10.0. The number of rotatable bonds is 1. The molecule has 0 bridgehead atoms. The Bertz CT molecular complexity index is 373. The standard InChI is InChI=1S/C12H16ClFN2/c1-16-7-3-6-10(15)12(16)8-4-2-5-9(13)11(8)14/h2,4-5,10,12H,3,6-7,15H2,1H3. The third kappa shape index (κ3) is 2.08. The van der Waals surface area contributed by atoms with E-state index in [-0.39, 0.29) is 22.9 Å². The molecule has 2 unspecified atom stereocenters. The minimum Gasteiger partial charge on any atom is -0.326 e. The quantitative estimate of drug-likeness (QED) is 0.820. The number of nitrogens with two attached hydrogens (primary N) is 1. The molecule has 1 aromatic carbocycles. The molecule has 1 saturated heterocycles. The predicted octanol–water partition coefficient (Wildman–Crippen LogP) is 2.57. The molecule has 2 rings (SSSR count). The number of likely N-dealkylation sites (N-methyl/N-ethyl adjacent to an activating group) is 1. The molecule has 0 saturated carbocycles. The molecule has 88 valence electrons. The minimum atomic E-state index is -0.335. The van der Waals surface area contributed by atoms with Crippen LogP contribution in [0.4, 0.5) is 4.39 Å². The molecule has 0 amide bonds. The average molecular weight is 243 g/mol. The van der Waals surface area contributed by atoms with Gasteiger partial charge in [0.2, 0.25) is 0 Å². The van der Waals surface area contributed by atoms with Crippen LogP contribution in [0.15, 0.2) is 18.2 Å². The molecule has 0 spiro atoms. The van der Waals surface area contributed by atoms with Crippen LogP contribution in [0.25, 0.3) is 0 Å². The summed E-state index contributed by atoms with van der Waals surface area (Å²) in [4.78, 5) is 2.10. The van der Waals surface area contributed by atoms with Gasteiger partial charge in [0.1, 0.15) is 5.82 Å². The third-order valence-corrected chi connectivity index (χ3v) is 3.52. The third-order valence-electron chi connectivity index (χ3n) is 3.23. The van der Waals surface area contributed by atoms with Crippen molar-refractivity contribution in [3.05, 3.63) is 34.6 Å². The van der Waals surface area contributed by atoms with E-state index in [9.17, 15) is 4.39 Å². The number of benzene rings is 1. The van der Waals surface area contributed by atoms with Crippen LogP contribution in [0.1, 0.15) is 24.4 Å². The van der Waals surface area contributed by atoms with Gasteiger partial charge in [-0.05, 0) is 32.5 Å². The van der Waals surface area contributed by atoms with Crippen LogP contribution in [-0.4, -0.2) is 24.5 Å². The predicted molar refractivity (Wildman–Crippen MR) is 64.0 cm³/mol. The summed E-state index contributed by atoms with van der Waals surface area (Å²) in [5.41, 5.74) is 6.68. The van der Waals surface area contributed by atoms with Crippen molar-refractivity contribution in [1.29, 1.82) is 0 Å². The summed E-state index contributed by atoms with van der Waals surface area (Å²) in [6.07, 6.45) is 2.00. The Labute approximate surface area is 100 Å². The fourth-order valence-electron chi connectivity index (χ4n) is 2.42. The van der Waals surface area contributed by atoms with E-state index < -0.39 is 0 Å². The Kier molecular flexibility index (Phi) is 3.47. The van der Waals surface area contributed by atoms with Gasteiger partial charge in [-0.2, -0.15) is 0 Å². The van der Waals surface area contributed by atoms with Crippen molar-refractivity contribution in [3.8, 4) is 0 Å². The molecule has 0 aromatic heterocycles. The Balaban J connectivity index is 2.38. The zero-order valence-electron chi connectivity index (χ0n) is 9.29. The van der Waals surface area contributed by atoms with Crippen LogP contribution in [0.5, 0.6) is 0 Å². The van der Waals surface area contributed by atoms with Gasteiger partial charge >= 0.3 is 0 Å². The highest BCUT2D eigenvalue weighted by Gasteiger charge is 2.30. The molecule has 0 aliphatic carbocycles. The molecule has 1 fully saturated rings. The lowest BCUT2D eigenvalue weighted by Crippen LogP contribution is -2.44. The van der Waals surface area contributed by atoms with E-state index >= 15 is 0 Å². The molecule has 2 nitrogen and oxygen atoms in total. The Morgan fingerprint density at radius 3 is 2.94 bits per heavy atom. The van der Waals surface area contributed by atoms with E-state index in [0.717, 1.165) is 19.4 Å². The van der Waals surface area contributed by atoms with Crippen LogP contribution in [0, 0.1) is 5.82 Å². The maximum absolute atomic E-state index is 13.9. The van der Waals surface area contributed by atoms with E-state index in [0.29, 0.717) is 5.56 Å². The molecule has 1 aliphatic rings. The second-order valence-corrected chi connectivity index (χ2v) is 4.78. The first kappa shape index (κ1) is 11.8. The summed E-state index contributed by atoms with van der Waals surface area (Å²) >= 11 is 5.79. The first-order valence-corrected chi connectivity index (χ1v) is 5.89. The van der Waals surface area contributed by atoms with E-state index in [4.69, 9.17) is 17.3 Å². The van der Waals surface area contributed by atoms with Crippen LogP contribution >= 0.6 is 11.6 Å². The zero-order chi connectivity index (χ0) is 11.7. The molecule has 4 heteroatoms. The number of hydrogen-bond acceptors (Lipinski definition) is 2. The van der Waals surface area contributed by atoms with Crippen molar-refractivity contribution < 1.29 is 4.39 Å². The van der Waals surface area contributed by atoms with E-state index in [2.05, 4.69) is 4.90 Å². The molecule has 1 aromatic rings. The van der Waals surface area contributed by atoms with E-state index in [1.807, 2.05) is 7.05 Å². The monoisotopic (exact) mass is 242 g/mol. The van der Waals surface area contributed by atoms with Gasteiger partial charge in [0.25, 0.3) is 0 Å². The normalized spacial score (nSPS) is 27.0. The Hall–Kier alpha value is -0.640. The van der Waals surface area contributed by atoms with Crippen molar-refractivity contribution >= 4 is 11.6 Å². The van der Waals surface area contributed by atoms with Crippen molar-refractivity contribution in [2.24, 2.45) is 5.73 Å². The average Bonchev–Trinajstić information content (AvgIpc) is 2.24. The maximum Gasteiger partial charge on any atom is 0.146 e. The fraction of sp³-hybridized carbons (Fsp3) is 0.500. The number of likely N-dealkylation sites (tertiary alicyclic amines) is 1. The first-order valence-electron chi connectivity index (χ1n) is 5.51. The summed E-state index contributed by atoms with van der Waals surface area (Å²) in [6, 6.07) is 5.03. The van der Waals surface area contributed by atoms with E-state index in [1.165, 1.54) is 0 Å². The summed E-state index contributed by atoms with van der Waals surface area (Å²) in [6.45, 7) is 0.949. The van der Waals surface area contributed by atoms with Crippen LogP contribution in [0.3, 0.4) is 0 Å². The topological polar surface area (TPSA) is 29.3 Å². The summed E-state index contributed by atoms with van der Waals surface area (Å²) in [7, 11) is 1.98. The second-order valence-electron chi connectivity index (χ2n) is 4.37. The molecule has 1 heterocycles. The van der Waals surface area contributed by atoms with Crippen LogP contribution < -0.4 is 5.73 Å². The van der Waals surface area contributed by atoms with Gasteiger partial charge in [0.15, 0.2) is 0 Å². The van der Waals surface area contributed by atoms with Crippen molar-refractivity contribution in [3.63, 3.8) is 0 Å². The van der Waals surface area contributed by atoms with E-state index in [1.54, 1.807) is 18.2 Å². The van der Waals surface area contributed by atoms with Crippen molar-refractivity contribution in [2.45, 2.75) is 24.9 Å². The fourth-order valence-corrected chi connectivity index (χ4v) is 2.60. The van der Waals surface area contributed by atoms with Gasteiger partial charge in [-0.3, -0.25) is 4.90 Å². The molecule has 2 atom stereocenters. The van der Waals surface area contributed by atoms with Gasteiger partial charge in [0.05, 0.1) is 11.1 Å². The number of piperidine rings is 1. The van der Waals surface area contributed by atoms with Gasteiger partial charge < -0.3 is 5.73 Å². The molecule has 1 aliphatic heterocycles. The highest BCUT2D eigenvalue weighted by atomic mass is 35.5. The first-order chi connectivity index (χ1) is 7.61. The number of nitrogens with zero attached hydrogens (tertiary/aromatic N) is 1. The molecular weight excluding hydrogens is 227 g/mol. The number of halogens is 2. The highest BCUT2D eigenvalue weighted by Crippen LogP contribution is 2.32. The largest absolute Gasteiger partial charge is 0.326 e. The van der Waals surface area contributed by atoms with Gasteiger partial charge in [-0.25, -0.2) is 4.39 Å². The summed E-state index contributed by atoms with van der Waals surface area (Å²) < 4.78 is 13.9. The van der Waals surface area contributed by atoms with Gasteiger partial charge in [-0.1, -0.05) is 23.7 Å². The second kappa shape index (κ2) is 4.70. The van der Waals surface area contributed by atoms with Crippen molar-refractivity contribution in [1.82, 2.24) is 4.90 Å². The lowest BCUT2D eigenvalue weighted by Gasteiger charge is -2.37. The number of hydrogen-bond donors (Lipinski definition) is 1. The van der Waals surface area contributed by atoms with Gasteiger partial charge in [0, 0.05) is 11.6 Å². The van der Waals surface area contributed by atoms with Crippen LogP contribution in [0.2, 0.25) is 5.02 Å². The summed E-state index contributed by atoms with van der Waals surface area (Å²) in [5.74, 6) is -0.335. The smallest absolute Gasteiger partial charge is 0.146 e. The molecule has 0 radical (unpaired) electrons. The lowest BCUT2D eigenvalue weighted by molar-refractivity contribution is 0.159. The molecule has 2 N–H and O–H groups in total. The summed E-state index contributed by atoms with van der Waals surface area (Å²) in [5, 5.41) is 0.170. The SMILES string of the molecule is CN1CCCC(N)C1c1cccc(Cl)c1F. The lowest BCUT2D eigenvalue weighted by atomic mass is 9.91. The maximum atomic E-state index is 13.9. The molecular formula is C12H16ClFN2. The van der Waals surface area contributed by atoms with Crippen LogP contribution in [-0.2, 0) is 0 Å². The van der Waals surface area contributed by atoms with Crippen molar-refractivity contribution in [2.75, 3.05) is 13.6 Å². The minimum absolute atomic E-state index is 0.0216. The Morgan fingerprint density at radius 2 is 2.25 bits per heavy atom. The molecule has 16 heavy (non-hydrogen) atoms.